The van der Waals surface area contributed by atoms with Gasteiger partial charge in [0, 0.05) is 11.6 Å². The van der Waals surface area contributed by atoms with Crippen LogP contribution in [0.25, 0.3) is 0 Å². The van der Waals surface area contributed by atoms with Gasteiger partial charge in [-0.1, -0.05) is 31.1 Å². The molecule has 2 rings (SSSR count). The summed E-state index contributed by atoms with van der Waals surface area (Å²) in [6.45, 7) is 11.8. The molecule has 0 aromatic heterocycles. The average molecular weight is 244 g/mol. The molecule has 1 radical (unpaired) electrons. The fourth-order valence-electron chi connectivity index (χ4n) is 4.16. The Labute approximate surface area is 112 Å². The zero-order valence-electron chi connectivity index (χ0n) is 11.5. The lowest BCUT2D eigenvalue weighted by atomic mass is 9.70. The molecule has 0 aromatic carbocycles. The van der Waals surface area contributed by atoms with Gasteiger partial charge in [0.25, 0.3) is 0 Å². The van der Waals surface area contributed by atoms with Crippen LogP contribution in [-0.4, -0.2) is 11.6 Å². The molecule has 1 nitrogen and oxygen atoms in total. The van der Waals surface area contributed by atoms with Crippen LogP contribution in [0.15, 0.2) is 38.0 Å². The largest absolute Gasteiger partial charge is 0.231 e. The number of hydrogen-bond donors (Lipinski definition) is 0. The van der Waals surface area contributed by atoms with Crippen molar-refractivity contribution in [3.05, 3.63) is 38.0 Å². The van der Waals surface area contributed by atoms with Crippen LogP contribution in [0.5, 0.6) is 0 Å². The molecule has 0 N–H and O–H groups in total. The van der Waals surface area contributed by atoms with Crippen LogP contribution in [0.4, 0.5) is 0 Å². The van der Waals surface area contributed by atoms with E-state index in [0.717, 1.165) is 25.2 Å². The predicted octanol–water partition coefficient (Wildman–Crippen LogP) is 4.25. The van der Waals surface area contributed by atoms with Gasteiger partial charge in [-0.05, 0) is 43.9 Å². The third-order valence-electron chi connectivity index (χ3n) is 4.83. The van der Waals surface area contributed by atoms with Crippen molar-refractivity contribution in [2.75, 3.05) is 0 Å². The molecule has 1 saturated carbocycles. The number of nitrogens with zero attached hydrogens (tertiary/aromatic N) is 1. The zero-order valence-corrected chi connectivity index (χ0v) is 11.5. The Morgan fingerprint density at radius 3 is 2.28 bits per heavy atom. The highest BCUT2D eigenvalue weighted by molar-refractivity contribution is 5.13. The first-order valence-corrected chi connectivity index (χ1v) is 7.32. The van der Waals surface area contributed by atoms with E-state index >= 15 is 0 Å². The van der Waals surface area contributed by atoms with Crippen LogP contribution in [-0.2, 0) is 0 Å². The molecule has 2 aliphatic rings. The first kappa shape index (κ1) is 13.6. The van der Waals surface area contributed by atoms with Gasteiger partial charge in [-0.25, -0.2) is 5.32 Å². The standard InChI is InChI=1S/C17H26N/c1-4-9-15-14-10-7-8-11-16(14)18-17(15,12-5-2)13-6-3/h4-6,14-16H,1-3,7-13H2. The third-order valence-corrected chi connectivity index (χ3v) is 4.83. The summed E-state index contributed by atoms with van der Waals surface area (Å²) in [5.74, 6) is 1.42. The Morgan fingerprint density at radius 2 is 1.67 bits per heavy atom. The summed E-state index contributed by atoms with van der Waals surface area (Å²) in [5, 5.41) is 5.23. The molecule has 99 valence electrons. The SMILES string of the molecule is C=CCC1C2CCCCC2[N]C1(CC=C)CC=C. The van der Waals surface area contributed by atoms with Crippen LogP contribution in [0.2, 0.25) is 0 Å². The molecular formula is C17H26N. The van der Waals surface area contributed by atoms with Crippen molar-refractivity contribution in [1.82, 2.24) is 5.32 Å². The predicted molar refractivity (Wildman–Crippen MR) is 78.5 cm³/mol. The van der Waals surface area contributed by atoms with Crippen LogP contribution in [0, 0.1) is 11.8 Å². The molecule has 18 heavy (non-hydrogen) atoms. The molecule has 3 atom stereocenters. The molecule has 1 heteroatoms. The molecule has 1 aliphatic heterocycles. The van der Waals surface area contributed by atoms with Gasteiger partial charge in [-0.15, -0.1) is 19.7 Å². The van der Waals surface area contributed by atoms with E-state index in [-0.39, 0.29) is 5.54 Å². The number of fused-ring (bicyclic) bond motifs is 1. The topological polar surface area (TPSA) is 14.1 Å². The van der Waals surface area contributed by atoms with Gasteiger partial charge in [-0.3, -0.25) is 0 Å². The molecule has 1 aliphatic carbocycles. The Kier molecular flexibility index (Phi) is 4.45. The molecule has 0 bridgehead atoms. The summed E-state index contributed by atoms with van der Waals surface area (Å²) < 4.78 is 0. The molecule has 0 aromatic rings. The Balaban J connectivity index is 2.26. The molecule has 1 heterocycles. The number of hydrogen-bond acceptors (Lipinski definition) is 0. The molecule has 3 unspecified atom stereocenters. The molecule has 1 saturated heterocycles. The van der Waals surface area contributed by atoms with Crippen molar-refractivity contribution in [1.29, 1.82) is 0 Å². The van der Waals surface area contributed by atoms with Crippen molar-refractivity contribution in [3.63, 3.8) is 0 Å². The van der Waals surface area contributed by atoms with Crippen molar-refractivity contribution in [2.45, 2.75) is 56.5 Å². The number of allylic oxidation sites excluding steroid dienone is 1. The Morgan fingerprint density at radius 1 is 1.00 bits per heavy atom. The second-order valence-electron chi connectivity index (χ2n) is 5.86. The first-order chi connectivity index (χ1) is 8.77. The minimum atomic E-state index is 0.0668. The molecule has 0 amide bonds. The maximum atomic E-state index is 5.23. The van der Waals surface area contributed by atoms with Gasteiger partial charge < -0.3 is 0 Å². The van der Waals surface area contributed by atoms with Gasteiger partial charge in [-0.2, -0.15) is 0 Å². The quantitative estimate of drug-likeness (QED) is 0.620. The van der Waals surface area contributed by atoms with Gasteiger partial charge in [0.2, 0.25) is 0 Å². The normalized spacial score (nSPS) is 33.7. The summed E-state index contributed by atoms with van der Waals surface area (Å²) >= 11 is 0. The summed E-state index contributed by atoms with van der Waals surface area (Å²) in [7, 11) is 0. The van der Waals surface area contributed by atoms with Crippen molar-refractivity contribution in [2.24, 2.45) is 11.8 Å². The van der Waals surface area contributed by atoms with E-state index in [1.165, 1.54) is 25.7 Å². The fraction of sp³-hybridized carbons (Fsp3) is 0.647. The maximum absolute atomic E-state index is 5.23. The first-order valence-electron chi connectivity index (χ1n) is 7.32. The van der Waals surface area contributed by atoms with E-state index in [1.807, 2.05) is 12.2 Å². The molecule has 0 spiro atoms. The van der Waals surface area contributed by atoms with Gasteiger partial charge in [0.1, 0.15) is 0 Å². The van der Waals surface area contributed by atoms with E-state index < -0.39 is 0 Å². The second-order valence-corrected chi connectivity index (χ2v) is 5.86. The Bertz CT molecular complexity index is 308. The Hall–Kier alpha value is -0.820. The lowest BCUT2D eigenvalue weighted by molar-refractivity contribution is 0.227. The van der Waals surface area contributed by atoms with Crippen LogP contribution < -0.4 is 5.32 Å². The monoisotopic (exact) mass is 244 g/mol. The van der Waals surface area contributed by atoms with E-state index in [4.69, 9.17) is 5.32 Å². The van der Waals surface area contributed by atoms with E-state index in [9.17, 15) is 0 Å². The van der Waals surface area contributed by atoms with Gasteiger partial charge in [0.05, 0.1) is 0 Å². The average Bonchev–Trinajstić information content (AvgIpc) is 2.65. The summed E-state index contributed by atoms with van der Waals surface area (Å²) in [6, 6.07) is 0.587. The second kappa shape index (κ2) is 5.88. The summed E-state index contributed by atoms with van der Waals surface area (Å²) in [5.41, 5.74) is 0.0668. The summed E-state index contributed by atoms with van der Waals surface area (Å²) in [4.78, 5) is 0. The van der Waals surface area contributed by atoms with Crippen LogP contribution in [0.1, 0.15) is 44.9 Å². The minimum Gasteiger partial charge on any atom is -0.231 e. The highest BCUT2D eigenvalue weighted by Gasteiger charge is 2.52. The van der Waals surface area contributed by atoms with E-state index in [2.05, 4.69) is 25.8 Å². The fourth-order valence-corrected chi connectivity index (χ4v) is 4.16. The minimum absolute atomic E-state index is 0.0668. The lowest BCUT2D eigenvalue weighted by Crippen LogP contribution is -2.41. The molecule has 2 fully saturated rings. The van der Waals surface area contributed by atoms with Crippen molar-refractivity contribution < 1.29 is 0 Å². The smallest absolute Gasteiger partial charge is 0.0462 e. The zero-order chi connectivity index (χ0) is 13.0. The molecular weight excluding hydrogens is 218 g/mol. The van der Waals surface area contributed by atoms with E-state index in [1.54, 1.807) is 0 Å². The highest BCUT2D eigenvalue weighted by atomic mass is 15.1. The van der Waals surface area contributed by atoms with Crippen LogP contribution >= 0.6 is 0 Å². The van der Waals surface area contributed by atoms with Crippen molar-refractivity contribution in [3.8, 4) is 0 Å². The van der Waals surface area contributed by atoms with Gasteiger partial charge >= 0.3 is 0 Å². The van der Waals surface area contributed by atoms with Crippen molar-refractivity contribution >= 4 is 0 Å². The highest BCUT2D eigenvalue weighted by Crippen LogP contribution is 2.49. The lowest BCUT2D eigenvalue weighted by Gasteiger charge is -2.34. The van der Waals surface area contributed by atoms with Gasteiger partial charge in [0.15, 0.2) is 0 Å². The third kappa shape index (κ3) is 2.33. The maximum Gasteiger partial charge on any atom is 0.0462 e. The number of rotatable bonds is 6. The van der Waals surface area contributed by atoms with E-state index in [0.29, 0.717) is 12.0 Å². The summed E-state index contributed by atoms with van der Waals surface area (Å²) in [6.07, 6.45) is 14.6. The van der Waals surface area contributed by atoms with Crippen LogP contribution in [0.3, 0.4) is 0 Å².